The normalized spacial score (nSPS) is 24.1. The zero-order valence-corrected chi connectivity index (χ0v) is 17.0. The van der Waals surface area contributed by atoms with Crippen molar-refractivity contribution in [3.63, 3.8) is 0 Å². The van der Waals surface area contributed by atoms with E-state index < -0.39 is 10.0 Å². The average molecular weight is 368 g/mol. The van der Waals surface area contributed by atoms with Crippen molar-refractivity contribution < 1.29 is 8.42 Å². The molecule has 1 aromatic heterocycles. The van der Waals surface area contributed by atoms with Crippen LogP contribution in [0.25, 0.3) is 0 Å². The van der Waals surface area contributed by atoms with Crippen LogP contribution in [-0.2, 0) is 15.4 Å². The van der Waals surface area contributed by atoms with Crippen molar-refractivity contribution in [2.24, 2.45) is 0 Å². The van der Waals surface area contributed by atoms with E-state index in [0.29, 0.717) is 17.5 Å². The van der Waals surface area contributed by atoms with E-state index in [-0.39, 0.29) is 11.5 Å². The standard InChI is InChI=1S/C19H33N3O2S/c1-5-15-10-8-9-13-22(15)25(23,24)17-14-21(16-11-6-7-12-16)20-18(17)19(2,3)4/h14-16H,5-13H2,1-4H3. The molecule has 1 aliphatic heterocycles. The molecule has 142 valence electrons. The number of hydrogen-bond donors (Lipinski definition) is 0. The minimum Gasteiger partial charge on any atom is -0.268 e. The number of hydrogen-bond acceptors (Lipinski definition) is 3. The number of piperidine rings is 1. The fourth-order valence-corrected chi connectivity index (χ4v) is 6.37. The summed E-state index contributed by atoms with van der Waals surface area (Å²) in [6.07, 6.45) is 10.4. The number of sulfonamides is 1. The van der Waals surface area contributed by atoms with Gasteiger partial charge in [0.2, 0.25) is 10.0 Å². The molecular weight excluding hydrogens is 334 g/mol. The molecule has 1 atom stereocenters. The summed E-state index contributed by atoms with van der Waals surface area (Å²) < 4.78 is 30.8. The lowest BCUT2D eigenvalue weighted by Gasteiger charge is -2.34. The van der Waals surface area contributed by atoms with Gasteiger partial charge in [-0.1, -0.05) is 47.0 Å². The molecule has 0 bridgehead atoms. The second kappa shape index (κ2) is 7.03. The van der Waals surface area contributed by atoms with Gasteiger partial charge in [-0.3, -0.25) is 4.68 Å². The summed E-state index contributed by atoms with van der Waals surface area (Å²) in [7, 11) is -3.50. The Morgan fingerprint density at radius 1 is 1.12 bits per heavy atom. The largest absolute Gasteiger partial charge is 0.268 e. The van der Waals surface area contributed by atoms with Gasteiger partial charge in [-0.05, 0) is 32.1 Å². The first-order valence-corrected chi connectivity index (χ1v) is 11.3. The predicted molar refractivity (Wildman–Crippen MR) is 100 cm³/mol. The highest BCUT2D eigenvalue weighted by atomic mass is 32.2. The van der Waals surface area contributed by atoms with Gasteiger partial charge in [0.1, 0.15) is 4.90 Å². The van der Waals surface area contributed by atoms with E-state index in [1.807, 2.05) is 10.9 Å². The summed E-state index contributed by atoms with van der Waals surface area (Å²) in [5, 5.41) is 4.79. The first-order chi connectivity index (χ1) is 11.7. The molecule has 0 amide bonds. The van der Waals surface area contributed by atoms with E-state index >= 15 is 0 Å². The van der Waals surface area contributed by atoms with Gasteiger partial charge in [0.05, 0.1) is 11.7 Å². The summed E-state index contributed by atoms with van der Waals surface area (Å²) in [6, 6.07) is 0.481. The minimum absolute atomic E-state index is 0.126. The highest BCUT2D eigenvalue weighted by Crippen LogP contribution is 2.36. The Morgan fingerprint density at radius 3 is 2.36 bits per heavy atom. The molecule has 2 fully saturated rings. The van der Waals surface area contributed by atoms with E-state index in [1.54, 1.807) is 4.31 Å². The van der Waals surface area contributed by atoms with Crippen molar-refractivity contribution in [3.05, 3.63) is 11.9 Å². The molecule has 2 heterocycles. The van der Waals surface area contributed by atoms with Crippen LogP contribution in [0.15, 0.2) is 11.1 Å². The molecule has 1 saturated heterocycles. The third-order valence-corrected chi connectivity index (χ3v) is 7.69. The van der Waals surface area contributed by atoms with E-state index in [9.17, 15) is 8.42 Å². The zero-order chi connectivity index (χ0) is 18.2. The second-order valence-electron chi connectivity index (χ2n) is 8.68. The summed E-state index contributed by atoms with van der Waals surface area (Å²) in [4.78, 5) is 0.437. The lowest BCUT2D eigenvalue weighted by atomic mass is 9.92. The quantitative estimate of drug-likeness (QED) is 0.799. The van der Waals surface area contributed by atoms with E-state index in [1.165, 1.54) is 12.8 Å². The Morgan fingerprint density at radius 2 is 1.76 bits per heavy atom. The maximum atomic E-state index is 13.5. The van der Waals surface area contributed by atoms with Gasteiger partial charge in [0.15, 0.2) is 0 Å². The zero-order valence-electron chi connectivity index (χ0n) is 16.2. The van der Waals surface area contributed by atoms with Crippen molar-refractivity contribution >= 4 is 10.0 Å². The smallest absolute Gasteiger partial charge is 0.246 e. The molecule has 0 spiro atoms. The molecule has 1 aromatic rings. The molecule has 5 nitrogen and oxygen atoms in total. The average Bonchev–Trinajstić information content (AvgIpc) is 3.23. The lowest BCUT2D eigenvalue weighted by molar-refractivity contribution is 0.246. The molecule has 0 N–H and O–H groups in total. The van der Waals surface area contributed by atoms with Crippen LogP contribution in [-0.4, -0.2) is 35.1 Å². The topological polar surface area (TPSA) is 55.2 Å². The first-order valence-electron chi connectivity index (χ1n) is 9.86. The van der Waals surface area contributed by atoms with Crippen LogP contribution in [0.1, 0.15) is 90.8 Å². The number of rotatable bonds is 4. The third-order valence-electron chi connectivity index (χ3n) is 5.74. The maximum absolute atomic E-state index is 13.5. The van der Waals surface area contributed by atoms with Crippen molar-refractivity contribution in [2.45, 2.75) is 101 Å². The molecule has 0 aromatic carbocycles. The highest BCUT2D eigenvalue weighted by molar-refractivity contribution is 7.89. The summed E-state index contributed by atoms with van der Waals surface area (Å²) in [5.41, 5.74) is 0.434. The van der Waals surface area contributed by atoms with Gasteiger partial charge in [0, 0.05) is 24.2 Å². The van der Waals surface area contributed by atoms with Crippen LogP contribution in [0.3, 0.4) is 0 Å². The maximum Gasteiger partial charge on any atom is 0.246 e. The van der Waals surface area contributed by atoms with Crippen molar-refractivity contribution in [3.8, 4) is 0 Å². The van der Waals surface area contributed by atoms with Crippen molar-refractivity contribution in [1.82, 2.24) is 14.1 Å². The Bertz CT molecular complexity index is 697. The van der Waals surface area contributed by atoms with Crippen LogP contribution in [0.5, 0.6) is 0 Å². The van der Waals surface area contributed by atoms with Crippen molar-refractivity contribution in [2.75, 3.05) is 6.54 Å². The Hall–Kier alpha value is -0.880. The van der Waals surface area contributed by atoms with Crippen LogP contribution in [0.4, 0.5) is 0 Å². The van der Waals surface area contributed by atoms with Gasteiger partial charge in [-0.25, -0.2) is 8.42 Å². The van der Waals surface area contributed by atoms with Crippen LogP contribution in [0, 0.1) is 0 Å². The molecule has 1 aliphatic carbocycles. The van der Waals surface area contributed by atoms with Gasteiger partial charge in [-0.15, -0.1) is 0 Å². The van der Waals surface area contributed by atoms with Crippen molar-refractivity contribution in [1.29, 1.82) is 0 Å². The number of nitrogens with zero attached hydrogens (tertiary/aromatic N) is 3. The van der Waals surface area contributed by atoms with E-state index in [0.717, 1.165) is 44.2 Å². The highest BCUT2D eigenvalue weighted by Gasteiger charge is 2.38. The second-order valence-corrected chi connectivity index (χ2v) is 10.5. The molecule has 6 heteroatoms. The van der Waals surface area contributed by atoms with Gasteiger partial charge in [0.25, 0.3) is 0 Å². The molecule has 1 unspecified atom stereocenters. The SMILES string of the molecule is CCC1CCCCN1S(=O)(=O)c1cn(C2CCCC2)nc1C(C)(C)C. The molecule has 2 aliphatic rings. The Kier molecular flexibility index (Phi) is 5.31. The molecule has 25 heavy (non-hydrogen) atoms. The van der Waals surface area contributed by atoms with Gasteiger partial charge in [-0.2, -0.15) is 9.40 Å². The van der Waals surface area contributed by atoms with Gasteiger partial charge < -0.3 is 0 Å². The van der Waals surface area contributed by atoms with E-state index in [4.69, 9.17) is 5.10 Å². The molecule has 0 radical (unpaired) electrons. The summed E-state index contributed by atoms with van der Waals surface area (Å²) >= 11 is 0. The molecule has 3 rings (SSSR count). The molecular formula is C19H33N3O2S. The fraction of sp³-hybridized carbons (Fsp3) is 0.842. The third kappa shape index (κ3) is 3.65. The van der Waals surface area contributed by atoms with Gasteiger partial charge >= 0.3 is 0 Å². The predicted octanol–water partition coefficient (Wildman–Crippen LogP) is 4.25. The Balaban J connectivity index is 2.04. The lowest BCUT2D eigenvalue weighted by Crippen LogP contribution is -2.43. The Labute approximate surface area is 152 Å². The summed E-state index contributed by atoms with van der Waals surface area (Å²) in [5.74, 6) is 0. The van der Waals surface area contributed by atoms with Crippen LogP contribution >= 0.6 is 0 Å². The fourth-order valence-electron chi connectivity index (χ4n) is 4.26. The monoisotopic (exact) mass is 367 g/mol. The van der Waals surface area contributed by atoms with E-state index in [2.05, 4.69) is 27.7 Å². The van der Waals surface area contributed by atoms with Crippen LogP contribution < -0.4 is 0 Å². The number of aromatic nitrogens is 2. The first kappa shape index (κ1) is 18.9. The minimum atomic E-state index is -3.50. The molecule has 1 saturated carbocycles. The summed E-state index contributed by atoms with van der Waals surface area (Å²) in [6.45, 7) is 8.90. The van der Waals surface area contributed by atoms with Crippen LogP contribution in [0.2, 0.25) is 0 Å².